The van der Waals surface area contributed by atoms with Gasteiger partial charge in [0, 0.05) is 104 Å². The Hall–Kier alpha value is -11.5. The number of aromatic amines is 3. The van der Waals surface area contributed by atoms with E-state index in [0.29, 0.717) is 44.4 Å². The van der Waals surface area contributed by atoms with E-state index in [1.165, 1.54) is 87.2 Å². The number of halogens is 2. The molecule has 100 heavy (non-hydrogen) atoms. The molecule has 0 spiro atoms. The van der Waals surface area contributed by atoms with Gasteiger partial charge in [-0.25, -0.2) is 13.8 Å². The Morgan fingerprint density at radius 2 is 1.17 bits per heavy atom. The normalized spacial score (nSPS) is 22.9. The summed E-state index contributed by atoms with van der Waals surface area (Å²) < 4.78 is 35.1. The minimum absolute atomic E-state index is 0.0240. The maximum atomic E-state index is 15.2. The van der Waals surface area contributed by atoms with Gasteiger partial charge in [-0.05, 0) is 116 Å². The van der Waals surface area contributed by atoms with Crippen molar-refractivity contribution in [2.45, 2.75) is 145 Å². The van der Waals surface area contributed by atoms with Gasteiger partial charge in [0.25, 0.3) is 0 Å². The summed E-state index contributed by atoms with van der Waals surface area (Å²) in [4.78, 5) is 183. The second-order valence-corrected chi connectivity index (χ2v) is 25.0. The molecule has 0 saturated carbocycles. The van der Waals surface area contributed by atoms with Crippen LogP contribution >= 0.6 is 0 Å². The number of ether oxygens (including phenoxy) is 1. The molecule has 3 aromatic heterocycles. The van der Waals surface area contributed by atoms with Crippen molar-refractivity contribution in [1.82, 2.24) is 72.7 Å². The number of amides is 11. The van der Waals surface area contributed by atoms with E-state index >= 15 is 19.2 Å². The second kappa shape index (κ2) is 33.1. The molecular formula is C69H79F2N15O14. The van der Waals surface area contributed by atoms with Crippen LogP contribution in [0.5, 0.6) is 5.75 Å². The number of carbonyl (C=O) groups excluding carboxylic acids is 11. The van der Waals surface area contributed by atoms with Crippen molar-refractivity contribution < 1.29 is 76.2 Å². The molecule has 0 radical (unpaired) electrons. The van der Waals surface area contributed by atoms with Crippen molar-refractivity contribution in [3.05, 3.63) is 155 Å². The first-order valence-electron chi connectivity index (χ1n) is 32.5. The molecule has 0 aliphatic carbocycles. The van der Waals surface area contributed by atoms with Crippen LogP contribution in [0, 0.1) is 11.6 Å². The highest BCUT2D eigenvalue weighted by Gasteiger charge is 2.49. The smallest absolute Gasteiger partial charge is 0.305 e. The Morgan fingerprint density at radius 3 is 1.74 bits per heavy atom. The van der Waals surface area contributed by atoms with E-state index in [1.54, 1.807) is 48.5 Å². The van der Waals surface area contributed by atoms with Gasteiger partial charge in [0.15, 0.2) is 0 Å². The van der Waals surface area contributed by atoms with E-state index in [2.05, 4.69) is 67.8 Å². The summed E-state index contributed by atoms with van der Waals surface area (Å²) in [7, 11) is 1.45. The first kappa shape index (κ1) is 72.7. The number of hydrogen-bond donors (Lipinski definition) is 14. The van der Waals surface area contributed by atoms with Crippen molar-refractivity contribution >= 4 is 92.8 Å². The topological polar surface area (TPSA) is 432 Å². The molecule has 6 heterocycles. The first-order chi connectivity index (χ1) is 47.8. The van der Waals surface area contributed by atoms with Crippen LogP contribution in [-0.4, -0.2) is 169 Å². The molecule has 3 aliphatic rings. The number of imidazole rings is 1. The highest BCUT2D eigenvalue weighted by Crippen LogP contribution is 2.31. The number of aromatic nitrogens is 4. The number of methoxy groups -OCH3 is 1. The van der Waals surface area contributed by atoms with Gasteiger partial charge < -0.3 is 83.3 Å². The maximum absolute atomic E-state index is 15.2. The molecule has 15 N–H and O–H groups in total. The van der Waals surface area contributed by atoms with Crippen LogP contribution < -0.4 is 58.3 Å². The summed E-state index contributed by atoms with van der Waals surface area (Å²) in [5.74, 6) is -11.9. The molecule has 4 aromatic carbocycles. The van der Waals surface area contributed by atoms with Gasteiger partial charge >= 0.3 is 5.97 Å². The summed E-state index contributed by atoms with van der Waals surface area (Å²) in [5, 5.41) is 34.5. The van der Waals surface area contributed by atoms with Gasteiger partial charge in [0.05, 0.1) is 26.3 Å². The van der Waals surface area contributed by atoms with Gasteiger partial charge in [-0.2, -0.15) is 0 Å². The number of nitrogens with two attached hydrogens (primary N) is 1. The average Bonchev–Trinajstić information content (AvgIpc) is 1.58. The van der Waals surface area contributed by atoms with Gasteiger partial charge in [0.2, 0.25) is 65.0 Å². The molecular weight excluding hydrogens is 1300 g/mol. The predicted octanol–water partition coefficient (Wildman–Crippen LogP) is 1.23. The third kappa shape index (κ3) is 19.2. The lowest BCUT2D eigenvalue weighted by molar-refractivity contribution is -0.147. The van der Waals surface area contributed by atoms with E-state index in [1.807, 2.05) is 0 Å². The molecule has 8 atom stereocenters. The number of primary amides is 1. The lowest BCUT2D eigenvalue weighted by atomic mass is 9.95. The van der Waals surface area contributed by atoms with Gasteiger partial charge in [-0.1, -0.05) is 36.4 Å². The number of H-pyrrole nitrogens is 3. The zero-order valence-electron chi connectivity index (χ0n) is 55.0. The van der Waals surface area contributed by atoms with Crippen LogP contribution in [-0.2, 0) is 96.2 Å². The number of carbonyl (C=O) groups is 12. The summed E-state index contributed by atoms with van der Waals surface area (Å²) in [6, 6.07) is 9.44. The number of aliphatic carboxylic acids is 1. The van der Waals surface area contributed by atoms with Crippen molar-refractivity contribution in [1.29, 1.82) is 0 Å². The summed E-state index contributed by atoms with van der Waals surface area (Å²) >= 11 is 0. The van der Waals surface area contributed by atoms with Crippen LogP contribution in [0.1, 0.15) is 92.3 Å². The minimum Gasteiger partial charge on any atom is -0.497 e. The van der Waals surface area contributed by atoms with Crippen molar-refractivity contribution in [2.24, 2.45) is 5.73 Å². The van der Waals surface area contributed by atoms with Gasteiger partial charge in [-0.3, -0.25) is 57.5 Å². The number of rotatable bonds is 12. The first-order valence-corrected chi connectivity index (χ1v) is 32.5. The Balaban J connectivity index is 1.05. The van der Waals surface area contributed by atoms with Crippen molar-refractivity contribution in [3.63, 3.8) is 0 Å². The Labute approximate surface area is 571 Å². The van der Waals surface area contributed by atoms with Crippen LogP contribution in [0.25, 0.3) is 21.8 Å². The molecule has 1 saturated heterocycles. The molecule has 7 aromatic rings. The lowest BCUT2D eigenvalue weighted by Crippen LogP contribution is -2.64. The van der Waals surface area contributed by atoms with Crippen LogP contribution in [0.4, 0.5) is 8.78 Å². The number of nitrogens with zero attached hydrogens (tertiary/aromatic N) is 2. The number of nitrogens with one attached hydrogen (secondary N) is 12. The maximum Gasteiger partial charge on any atom is 0.305 e. The number of carboxylic acids is 1. The number of carboxylic acid groups (broad SMARTS) is 1. The van der Waals surface area contributed by atoms with Crippen LogP contribution in [0.3, 0.4) is 0 Å². The van der Waals surface area contributed by atoms with E-state index in [0.717, 1.165) is 0 Å². The van der Waals surface area contributed by atoms with E-state index < -0.39 is 144 Å². The largest absolute Gasteiger partial charge is 0.497 e. The van der Waals surface area contributed by atoms with Gasteiger partial charge in [0.1, 0.15) is 65.2 Å². The highest BCUT2D eigenvalue weighted by molar-refractivity contribution is 6.01. The molecule has 10 rings (SSSR count). The van der Waals surface area contributed by atoms with E-state index in [-0.39, 0.29) is 99.8 Å². The summed E-state index contributed by atoms with van der Waals surface area (Å²) in [6.07, 6.45) is 3.58. The summed E-state index contributed by atoms with van der Waals surface area (Å²) in [5.41, 5.74) is 7.53. The lowest BCUT2D eigenvalue weighted by Gasteiger charge is -2.37. The Kier molecular flexibility index (Phi) is 24.1. The zero-order valence-corrected chi connectivity index (χ0v) is 55.0. The Bertz CT molecular complexity index is 4180. The second-order valence-electron chi connectivity index (χ2n) is 25.0. The summed E-state index contributed by atoms with van der Waals surface area (Å²) in [6.45, 7) is 2.49. The SMILES string of the molecule is COc1ccc(C[C@@H]2NC(=O)[C@H](Cc3cnc[nH]3)NC(=O)[C@H](CC(=O)O)NC(=O)[C@H](Cc3c[nH]c4ccc(F)cc34)NC(=O)[C@H](Cc3c[nH]c4ccc(F)cc34)NC(=O)[C@@H](C)NC(=O)CCCCC(=O)NCc3ccc(cc3)CC(=O)NC[C@@H](C(N)=O)NC(=O)[C@]3(C)CCCN3C2=O)cc1. The fourth-order valence-electron chi connectivity index (χ4n) is 12.0. The minimum atomic E-state index is -2.05. The van der Waals surface area contributed by atoms with Crippen molar-refractivity contribution in [3.8, 4) is 5.75 Å². The molecule has 2 bridgehead atoms. The molecule has 0 unspecified atom stereocenters. The fraction of sp³-hybridized carbons (Fsp3) is 0.377. The zero-order chi connectivity index (χ0) is 71.8. The van der Waals surface area contributed by atoms with E-state index in [9.17, 15) is 52.2 Å². The third-order valence-electron chi connectivity index (χ3n) is 17.7. The molecule has 11 amide bonds. The number of hydrogen-bond acceptors (Lipinski definition) is 14. The number of benzene rings is 4. The number of fused-ring (bicyclic) bond motifs is 35. The van der Waals surface area contributed by atoms with Crippen LogP contribution in [0.15, 0.2) is 110 Å². The molecule has 1 fully saturated rings. The molecule has 528 valence electrons. The highest BCUT2D eigenvalue weighted by atomic mass is 19.1. The predicted molar refractivity (Wildman–Crippen MR) is 356 cm³/mol. The fourth-order valence-corrected chi connectivity index (χ4v) is 12.0. The monoisotopic (exact) mass is 1380 g/mol. The average molecular weight is 1380 g/mol. The van der Waals surface area contributed by atoms with Crippen LogP contribution in [0.2, 0.25) is 0 Å². The van der Waals surface area contributed by atoms with Gasteiger partial charge in [-0.15, -0.1) is 0 Å². The van der Waals surface area contributed by atoms with E-state index in [4.69, 9.17) is 10.5 Å². The molecule has 31 heteroatoms. The third-order valence-corrected chi connectivity index (χ3v) is 17.7. The Morgan fingerprint density at radius 1 is 0.620 bits per heavy atom. The molecule has 3 aliphatic heterocycles. The quantitative estimate of drug-likeness (QED) is 0.0766. The molecule has 29 nitrogen and oxygen atoms in total. The standard InChI is InChI=1S/C69H79F2N15O14/c1-37-62(93)80-51(25-41-32-74-49-19-15-43(70)27-47(41)49)63(94)81-52(26-42-33-75-50-20-16-44(71)28-48(42)50)64(95)83-54(30-60(90)91)66(97)82-53(29-45-34-73-36-78-45)65(96)84-55(23-38-13-17-46(100-3)18-14-38)67(98)86-22-6-21-69(86,2)68(99)85-56(61(72)92)35-77-59(89)24-39-9-11-40(12-10-39)31-76-57(87)7-4-5-8-58(88)79-37/h9-20,27-28,32-34,36-37,51-56,74-75H,4-8,21-26,29-31,35H2,1-3H3,(H2,72,92)(H,73,78)(H,76,87)(H,77,89)(H,79,88)(H,80,93)(H,81,94)(H,82,97)(H,83,95)(H,84,96)(H,85,99)(H,90,91)/t37-,51+,52+,53+,54+,55+,56+,69+/m1/s1. The van der Waals surface area contributed by atoms with Crippen molar-refractivity contribution in [2.75, 3.05) is 20.2 Å².